The first-order chi connectivity index (χ1) is 5.74. The molecule has 0 saturated carbocycles. The van der Waals surface area contributed by atoms with Crippen LogP contribution in [0, 0.1) is 0 Å². The topological polar surface area (TPSA) is 35.2 Å². The molecule has 0 spiro atoms. The number of rotatable bonds is 4. The Labute approximate surface area is 81.9 Å². The van der Waals surface area contributed by atoms with Crippen molar-refractivity contribution in [3.63, 3.8) is 0 Å². The molecule has 0 aliphatic carbocycles. The van der Waals surface area contributed by atoms with Crippen molar-refractivity contribution in [2.45, 2.75) is 6.92 Å². The second kappa shape index (κ2) is 6.98. The molecule has 2 nitrogen and oxygen atoms in total. The Morgan fingerprint density at radius 2 is 2.25 bits per heavy atom. The zero-order valence-corrected chi connectivity index (χ0v) is 8.97. The SMILES string of the molecule is C\C=C(/C=C\C=C(/N)CBr)OC. The molecule has 0 aromatic carbocycles. The summed E-state index contributed by atoms with van der Waals surface area (Å²) in [7, 11) is 1.64. The van der Waals surface area contributed by atoms with E-state index in [0.717, 1.165) is 11.5 Å². The second-order valence-electron chi connectivity index (χ2n) is 2.13. The van der Waals surface area contributed by atoms with E-state index in [2.05, 4.69) is 15.9 Å². The Hall–Kier alpha value is -0.700. The van der Waals surface area contributed by atoms with Gasteiger partial charge < -0.3 is 10.5 Å². The van der Waals surface area contributed by atoms with E-state index in [0.29, 0.717) is 5.33 Å². The Morgan fingerprint density at radius 1 is 1.58 bits per heavy atom. The first kappa shape index (κ1) is 11.3. The fourth-order valence-corrected chi connectivity index (χ4v) is 0.780. The minimum absolute atomic E-state index is 0.690. The lowest BCUT2D eigenvalue weighted by molar-refractivity contribution is 0.306. The summed E-state index contributed by atoms with van der Waals surface area (Å²) in [6, 6.07) is 0. The van der Waals surface area contributed by atoms with Gasteiger partial charge in [0.25, 0.3) is 0 Å². The quantitative estimate of drug-likeness (QED) is 0.458. The van der Waals surface area contributed by atoms with Gasteiger partial charge in [0.1, 0.15) is 5.76 Å². The van der Waals surface area contributed by atoms with Crippen LogP contribution in [0.25, 0.3) is 0 Å². The molecule has 0 heterocycles. The van der Waals surface area contributed by atoms with Crippen molar-refractivity contribution < 1.29 is 4.74 Å². The summed E-state index contributed by atoms with van der Waals surface area (Å²) in [4.78, 5) is 0. The van der Waals surface area contributed by atoms with Gasteiger partial charge in [-0.15, -0.1) is 0 Å². The van der Waals surface area contributed by atoms with Crippen LogP contribution < -0.4 is 5.73 Å². The first-order valence-corrected chi connectivity index (χ1v) is 4.75. The molecule has 0 aromatic rings. The zero-order chi connectivity index (χ0) is 9.40. The molecule has 0 rings (SSSR count). The fraction of sp³-hybridized carbons (Fsp3) is 0.333. The van der Waals surface area contributed by atoms with Gasteiger partial charge >= 0.3 is 0 Å². The smallest absolute Gasteiger partial charge is 0.114 e. The van der Waals surface area contributed by atoms with Crippen molar-refractivity contribution in [3.05, 3.63) is 35.8 Å². The van der Waals surface area contributed by atoms with Gasteiger partial charge in [0.05, 0.1) is 7.11 Å². The summed E-state index contributed by atoms with van der Waals surface area (Å²) in [6.07, 6.45) is 7.43. The van der Waals surface area contributed by atoms with Crippen LogP contribution in [0.1, 0.15) is 6.92 Å². The molecule has 0 aliphatic rings. The lowest BCUT2D eigenvalue weighted by Crippen LogP contribution is -1.96. The number of nitrogens with two attached hydrogens (primary N) is 1. The maximum atomic E-state index is 5.54. The average Bonchev–Trinajstić information content (AvgIpc) is 2.12. The van der Waals surface area contributed by atoms with Gasteiger partial charge in [0, 0.05) is 11.0 Å². The highest BCUT2D eigenvalue weighted by Crippen LogP contribution is 1.98. The minimum atomic E-state index is 0.690. The monoisotopic (exact) mass is 231 g/mol. The molecule has 0 aromatic heterocycles. The van der Waals surface area contributed by atoms with Gasteiger partial charge in [-0.2, -0.15) is 0 Å². The maximum absolute atomic E-state index is 5.54. The summed E-state index contributed by atoms with van der Waals surface area (Å²) in [5.41, 5.74) is 6.33. The highest BCUT2D eigenvalue weighted by Gasteiger charge is 1.84. The van der Waals surface area contributed by atoms with Crippen LogP contribution in [0.15, 0.2) is 35.8 Å². The van der Waals surface area contributed by atoms with Crippen molar-refractivity contribution in [3.8, 4) is 0 Å². The van der Waals surface area contributed by atoms with E-state index in [4.69, 9.17) is 10.5 Å². The van der Waals surface area contributed by atoms with Crippen molar-refractivity contribution in [1.29, 1.82) is 0 Å². The third kappa shape index (κ3) is 5.02. The summed E-state index contributed by atoms with van der Waals surface area (Å²) >= 11 is 3.24. The molecule has 0 aliphatic heterocycles. The van der Waals surface area contributed by atoms with E-state index in [9.17, 15) is 0 Å². The summed E-state index contributed by atoms with van der Waals surface area (Å²) in [5, 5.41) is 0.690. The van der Waals surface area contributed by atoms with E-state index in [1.807, 2.05) is 31.2 Å². The van der Waals surface area contributed by atoms with Gasteiger partial charge in [-0.05, 0) is 25.2 Å². The standard InChI is InChI=1S/C9H14BrNO/c1-3-9(12-2)6-4-5-8(11)7-10/h3-6H,7,11H2,1-2H3/b6-4-,8-5-,9-3+. The zero-order valence-electron chi connectivity index (χ0n) is 7.38. The molecule has 0 fully saturated rings. The van der Waals surface area contributed by atoms with Crippen molar-refractivity contribution in [2.24, 2.45) is 5.73 Å². The van der Waals surface area contributed by atoms with Crippen LogP contribution in [-0.2, 0) is 4.74 Å². The van der Waals surface area contributed by atoms with Crippen LogP contribution in [0.2, 0.25) is 0 Å². The molecule has 3 heteroatoms. The predicted molar refractivity (Wildman–Crippen MR) is 56.0 cm³/mol. The van der Waals surface area contributed by atoms with Crippen LogP contribution >= 0.6 is 15.9 Å². The number of halogens is 1. The number of ether oxygens (including phenoxy) is 1. The van der Waals surface area contributed by atoms with Gasteiger partial charge in [-0.1, -0.05) is 22.0 Å². The van der Waals surface area contributed by atoms with E-state index in [1.165, 1.54) is 0 Å². The number of hydrogen-bond donors (Lipinski definition) is 1. The largest absolute Gasteiger partial charge is 0.497 e. The summed E-state index contributed by atoms with van der Waals surface area (Å²) in [5.74, 6) is 0.827. The molecular formula is C9H14BrNO. The molecule has 12 heavy (non-hydrogen) atoms. The Morgan fingerprint density at radius 3 is 2.67 bits per heavy atom. The molecular weight excluding hydrogens is 218 g/mol. The molecule has 0 saturated heterocycles. The number of hydrogen-bond acceptors (Lipinski definition) is 2. The van der Waals surface area contributed by atoms with Crippen LogP contribution in [0.5, 0.6) is 0 Å². The second-order valence-corrected chi connectivity index (χ2v) is 2.69. The van der Waals surface area contributed by atoms with E-state index in [-0.39, 0.29) is 0 Å². The normalized spacial score (nSPS) is 13.9. The highest BCUT2D eigenvalue weighted by molar-refractivity contribution is 9.09. The number of allylic oxidation sites excluding steroid dienone is 5. The Bertz CT molecular complexity index is 207. The average molecular weight is 232 g/mol. The molecule has 0 bridgehead atoms. The van der Waals surface area contributed by atoms with Crippen molar-refractivity contribution in [1.82, 2.24) is 0 Å². The number of methoxy groups -OCH3 is 1. The fourth-order valence-electron chi connectivity index (χ4n) is 0.593. The van der Waals surface area contributed by atoms with Crippen molar-refractivity contribution >= 4 is 15.9 Å². The lowest BCUT2D eigenvalue weighted by atomic mass is 10.3. The highest BCUT2D eigenvalue weighted by atomic mass is 79.9. The van der Waals surface area contributed by atoms with Crippen LogP contribution in [0.3, 0.4) is 0 Å². The lowest BCUT2D eigenvalue weighted by Gasteiger charge is -1.96. The Kier molecular flexibility index (Phi) is 6.57. The first-order valence-electron chi connectivity index (χ1n) is 3.63. The molecule has 0 radical (unpaired) electrons. The third-order valence-corrected chi connectivity index (χ3v) is 1.89. The summed E-state index contributed by atoms with van der Waals surface area (Å²) in [6.45, 7) is 1.92. The third-order valence-electron chi connectivity index (χ3n) is 1.25. The van der Waals surface area contributed by atoms with Gasteiger partial charge in [-0.25, -0.2) is 0 Å². The maximum Gasteiger partial charge on any atom is 0.114 e. The van der Waals surface area contributed by atoms with E-state index in [1.54, 1.807) is 7.11 Å². The van der Waals surface area contributed by atoms with Crippen LogP contribution in [-0.4, -0.2) is 12.4 Å². The number of alkyl halides is 1. The van der Waals surface area contributed by atoms with Crippen LogP contribution in [0.4, 0.5) is 0 Å². The molecule has 0 atom stereocenters. The molecule has 0 unspecified atom stereocenters. The predicted octanol–water partition coefficient (Wildman–Crippen LogP) is 2.33. The van der Waals surface area contributed by atoms with Gasteiger partial charge in [0.15, 0.2) is 0 Å². The van der Waals surface area contributed by atoms with Crippen molar-refractivity contribution in [2.75, 3.05) is 12.4 Å². The van der Waals surface area contributed by atoms with Gasteiger partial charge in [-0.3, -0.25) is 0 Å². The van der Waals surface area contributed by atoms with E-state index < -0.39 is 0 Å². The van der Waals surface area contributed by atoms with Gasteiger partial charge in [0.2, 0.25) is 0 Å². The summed E-state index contributed by atoms with van der Waals surface area (Å²) < 4.78 is 5.01. The van der Waals surface area contributed by atoms with E-state index >= 15 is 0 Å². The molecule has 68 valence electrons. The molecule has 2 N–H and O–H groups in total. The minimum Gasteiger partial charge on any atom is -0.497 e. The molecule has 0 amide bonds. The Balaban J connectivity index is 4.07.